The third-order valence-corrected chi connectivity index (χ3v) is 3.80. The first-order valence-electron chi connectivity index (χ1n) is 7.82. The summed E-state index contributed by atoms with van der Waals surface area (Å²) < 4.78 is 0. The fourth-order valence-corrected chi connectivity index (χ4v) is 2.50. The molecule has 0 spiro atoms. The highest BCUT2D eigenvalue weighted by molar-refractivity contribution is 5.98. The molecule has 3 aromatic rings. The van der Waals surface area contributed by atoms with Crippen molar-refractivity contribution < 1.29 is 5.21 Å². The van der Waals surface area contributed by atoms with Gasteiger partial charge in [-0.25, -0.2) is 4.98 Å². The number of aromatic nitrogens is 1. The van der Waals surface area contributed by atoms with Crippen molar-refractivity contribution in [3.8, 4) is 0 Å². The third kappa shape index (κ3) is 3.62. The number of fused-ring (bicyclic) bond motifs is 1. The summed E-state index contributed by atoms with van der Waals surface area (Å²) in [4.78, 5) is 8.63. The van der Waals surface area contributed by atoms with Gasteiger partial charge in [-0.1, -0.05) is 23.4 Å². The van der Waals surface area contributed by atoms with Crippen molar-refractivity contribution in [3.05, 3.63) is 71.8 Å². The molecule has 0 amide bonds. The first-order chi connectivity index (χ1) is 12.6. The van der Waals surface area contributed by atoms with Crippen LogP contribution < -0.4 is 17.2 Å². The van der Waals surface area contributed by atoms with Gasteiger partial charge in [-0.05, 0) is 42.5 Å². The number of benzene rings is 2. The van der Waals surface area contributed by atoms with Crippen molar-refractivity contribution in [2.45, 2.75) is 0 Å². The molecule has 0 radical (unpaired) electrons. The van der Waals surface area contributed by atoms with E-state index >= 15 is 0 Å². The highest BCUT2D eigenvalue weighted by Gasteiger charge is 2.05. The molecular weight excluding hydrogens is 328 g/mol. The van der Waals surface area contributed by atoms with E-state index in [-0.39, 0.29) is 5.84 Å². The SMILES string of the molecule is NC(=CC=Nc1ccc(C(N)=NO)cc1)c1cc(N)nc2ccccc12. The molecule has 0 aliphatic rings. The van der Waals surface area contributed by atoms with Crippen LogP contribution in [0.5, 0.6) is 0 Å². The lowest BCUT2D eigenvalue weighted by Crippen LogP contribution is -2.12. The highest BCUT2D eigenvalue weighted by atomic mass is 16.4. The number of anilines is 1. The second-order valence-electron chi connectivity index (χ2n) is 5.54. The number of amidine groups is 1. The van der Waals surface area contributed by atoms with Gasteiger partial charge in [0, 0.05) is 28.4 Å². The lowest BCUT2D eigenvalue weighted by molar-refractivity contribution is 0.318. The molecular formula is C19H18N6O. The van der Waals surface area contributed by atoms with Crippen LogP contribution in [0, 0.1) is 0 Å². The number of nitrogen functional groups attached to an aromatic ring is 1. The molecule has 0 atom stereocenters. The van der Waals surface area contributed by atoms with E-state index in [2.05, 4.69) is 15.1 Å². The predicted octanol–water partition coefficient (Wildman–Crippen LogP) is 2.61. The summed E-state index contributed by atoms with van der Waals surface area (Å²) >= 11 is 0. The number of oxime groups is 1. The van der Waals surface area contributed by atoms with Gasteiger partial charge in [-0.15, -0.1) is 0 Å². The van der Waals surface area contributed by atoms with Crippen LogP contribution in [0.2, 0.25) is 0 Å². The summed E-state index contributed by atoms with van der Waals surface area (Å²) in [6, 6.07) is 16.3. The highest BCUT2D eigenvalue weighted by Crippen LogP contribution is 2.23. The molecule has 7 heteroatoms. The largest absolute Gasteiger partial charge is 0.409 e. The number of aliphatic imine (C=N–C) groups is 1. The van der Waals surface area contributed by atoms with Gasteiger partial charge in [0.2, 0.25) is 0 Å². The Morgan fingerprint density at radius 3 is 2.50 bits per heavy atom. The second-order valence-corrected chi connectivity index (χ2v) is 5.54. The van der Waals surface area contributed by atoms with Gasteiger partial charge in [-0.3, -0.25) is 4.99 Å². The van der Waals surface area contributed by atoms with Crippen LogP contribution in [0.3, 0.4) is 0 Å². The number of hydrogen-bond acceptors (Lipinski definition) is 6. The summed E-state index contributed by atoms with van der Waals surface area (Å²) in [5.74, 6) is 0.456. The van der Waals surface area contributed by atoms with Gasteiger partial charge in [0.25, 0.3) is 0 Å². The number of pyridine rings is 1. The molecule has 0 saturated heterocycles. The van der Waals surface area contributed by atoms with E-state index < -0.39 is 0 Å². The van der Waals surface area contributed by atoms with E-state index in [1.807, 2.05) is 24.3 Å². The summed E-state index contributed by atoms with van der Waals surface area (Å²) in [7, 11) is 0. The van der Waals surface area contributed by atoms with Crippen molar-refractivity contribution in [1.29, 1.82) is 0 Å². The molecule has 3 rings (SSSR count). The van der Waals surface area contributed by atoms with E-state index in [0.717, 1.165) is 16.5 Å². The number of nitrogens with zero attached hydrogens (tertiary/aromatic N) is 3. The Morgan fingerprint density at radius 2 is 1.77 bits per heavy atom. The number of para-hydroxylation sites is 1. The lowest BCUT2D eigenvalue weighted by atomic mass is 10.1. The monoisotopic (exact) mass is 346 g/mol. The lowest BCUT2D eigenvalue weighted by Gasteiger charge is -2.07. The molecule has 7 nitrogen and oxygen atoms in total. The maximum atomic E-state index is 8.66. The Hall–Kier alpha value is -3.87. The Kier molecular flexibility index (Phi) is 4.80. The third-order valence-electron chi connectivity index (χ3n) is 3.80. The molecule has 0 aliphatic heterocycles. The minimum absolute atomic E-state index is 0.0480. The number of nitrogens with two attached hydrogens (primary N) is 3. The molecule has 0 unspecified atom stereocenters. The summed E-state index contributed by atoms with van der Waals surface area (Å²) in [5, 5.41) is 12.5. The maximum Gasteiger partial charge on any atom is 0.170 e. The van der Waals surface area contributed by atoms with Gasteiger partial charge in [0.1, 0.15) is 5.82 Å². The normalized spacial score (nSPS) is 12.8. The van der Waals surface area contributed by atoms with Crippen molar-refractivity contribution in [2.24, 2.45) is 21.6 Å². The maximum absolute atomic E-state index is 8.66. The number of rotatable bonds is 4. The van der Waals surface area contributed by atoms with Crippen LogP contribution in [0.4, 0.5) is 11.5 Å². The van der Waals surface area contributed by atoms with Gasteiger partial charge in [-0.2, -0.15) is 0 Å². The Balaban J connectivity index is 1.86. The fourth-order valence-electron chi connectivity index (χ4n) is 2.50. The second kappa shape index (κ2) is 7.35. The van der Waals surface area contributed by atoms with Gasteiger partial charge in [0.05, 0.1) is 11.2 Å². The van der Waals surface area contributed by atoms with E-state index in [9.17, 15) is 0 Å². The van der Waals surface area contributed by atoms with Crippen molar-refractivity contribution >= 4 is 40.2 Å². The molecule has 0 bridgehead atoms. The summed E-state index contributed by atoms with van der Waals surface area (Å²) in [6.07, 6.45) is 3.32. The van der Waals surface area contributed by atoms with E-state index in [4.69, 9.17) is 22.4 Å². The molecule has 1 aromatic heterocycles. The molecule has 0 aliphatic carbocycles. The smallest absolute Gasteiger partial charge is 0.170 e. The topological polar surface area (TPSA) is 136 Å². The number of hydrogen-bond donors (Lipinski definition) is 4. The minimum Gasteiger partial charge on any atom is -0.409 e. The molecule has 1 heterocycles. The van der Waals surface area contributed by atoms with Crippen LogP contribution in [0.1, 0.15) is 11.1 Å². The minimum atomic E-state index is 0.0480. The van der Waals surface area contributed by atoms with Crippen molar-refractivity contribution in [2.75, 3.05) is 5.73 Å². The van der Waals surface area contributed by atoms with E-state index in [1.54, 1.807) is 42.6 Å². The molecule has 0 fully saturated rings. The molecule has 130 valence electrons. The predicted molar refractivity (Wildman–Crippen MR) is 105 cm³/mol. The van der Waals surface area contributed by atoms with E-state index in [0.29, 0.717) is 22.8 Å². The Morgan fingerprint density at radius 1 is 1.04 bits per heavy atom. The zero-order chi connectivity index (χ0) is 18.5. The van der Waals surface area contributed by atoms with Crippen molar-refractivity contribution in [3.63, 3.8) is 0 Å². The summed E-state index contributed by atoms with van der Waals surface area (Å²) in [5.41, 5.74) is 21.0. The number of allylic oxidation sites excluding steroid dienone is 1. The van der Waals surface area contributed by atoms with Gasteiger partial charge >= 0.3 is 0 Å². The molecule has 7 N–H and O–H groups in total. The van der Waals surface area contributed by atoms with E-state index in [1.165, 1.54) is 0 Å². The van der Waals surface area contributed by atoms with Crippen LogP contribution in [-0.4, -0.2) is 22.2 Å². The first kappa shape index (κ1) is 17.0. The van der Waals surface area contributed by atoms with Gasteiger partial charge < -0.3 is 22.4 Å². The van der Waals surface area contributed by atoms with Crippen molar-refractivity contribution in [1.82, 2.24) is 4.98 Å². The average Bonchev–Trinajstić information content (AvgIpc) is 2.67. The van der Waals surface area contributed by atoms with Crippen LogP contribution in [0.25, 0.3) is 16.6 Å². The standard InChI is InChI=1S/C19H18N6O/c20-16(15-11-18(21)24-17-4-2-1-3-14(15)17)9-10-23-13-7-5-12(6-8-13)19(22)25-26/h1-11,26H,20H2,(H2,21,24)(H2,22,25). The first-order valence-corrected chi connectivity index (χ1v) is 7.82. The molecule has 26 heavy (non-hydrogen) atoms. The van der Waals surface area contributed by atoms with Crippen LogP contribution >= 0.6 is 0 Å². The average molecular weight is 346 g/mol. The Labute approximate surface area is 150 Å². The van der Waals surface area contributed by atoms with Crippen LogP contribution in [-0.2, 0) is 0 Å². The van der Waals surface area contributed by atoms with Crippen LogP contribution in [0.15, 0.2) is 70.8 Å². The Bertz CT molecular complexity index is 1020. The summed E-state index contributed by atoms with van der Waals surface area (Å²) in [6.45, 7) is 0. The molecule has 2 aromatic carbocycles. The quantitative estimate of drug-likeness (QED) is 0.249. The fraction of sp³-hybridized carbons (Fsp3) is 0. The zero-order valence-electron chi connectivity index (χ0n) is 13.9. The zero-order valence-corrected chi connectivity index (χ0v) is 13.9. The van der Waals surface area contributed by atoms with Gasteiger partial charge in [0.15, 0.2) is 5.84 Å². The molecule has 0 saturated carbocycles.